The number of rotatable bonds is 3. The maximum absolute atomic E-state index is 3.96. The third kappa shape index (κ3) is 2.91. The molecular formula is C20H22. The molecule has 102 valence electrons. The lowest BCUT2D eigenvalue weighted by Crippen LogP contribution is -2.14. The van der Waals surface area contributed by atoms with Gasteiger partial charge in [-0.25, -0.2) is 0 Å². The molecule has 0 fully saturated rings. The summed E-state index contributed by atoms with van der Waals surface area (Å²) in [5.74, 6) is 0. The van der Waals surface area contributed by atoms with Crippen molar-refractivity contribution in [2.75, 3.05) is 0 Å². The first kappa shape index (κ1) is 14.3. The average Bonchev–Trinajstić information content (AvgIpc) is 2.54. The van der Waals surface area contributed by atoms with Crippen molar-refractivity contribution < 1.29 is 0 Å². The van der Waals surface area contributed by atoms with Gasteiger partial charge in [0.25, 0.3) is 0 Å². The highest BCUT2D eigenvalue weighted by Crippen LogP contribution is 2.35. The van der Waals surface area contributed by atoms with Gasteiger partial charge >= 0.3 is 0 Å². The van der Waals surface area contributed by atoms with Crippen LogP contribution in [-0.2, 0) is 5.41 Å². The average molecular weight is 262 g/mol. The Morgan fingerprint density at radius 3 is 2.50 bits per heavy atom. The van der Waals surface area contributed by atoms with E-state index in [1.807, 2.05) is 25.2 Å². The van der Waals surface area contributed by atoms with E-state index in [-0.39, 0.29) is 5.41 Å². The first-order chi connectivity index (χ1) is 9.58. The Hall–Kier alpha value is -2.08. The molecule has 0 heterocycles. The van der Waals surface area contributed by atoms with Crippen molar-refractivity contribution in [1.29, 1.82) is 0 Å². The molecule has 0 amide bonds. The minimum atomic E-state index is 0.00740. The normalized spacial score (nSPS) is 17.6. The van der Waals surface area contributed by atoms with Gasteiger partial charge in [0, 0.05) is 5.41 Å². The fourth-order valence-electron chi connectivity index (χ4n) is 2.60. The van der Waals surface area contributed by atoms with Crippen molar-refractivity contribution in [2.24, 2.45) is 0 Å². The molecule has 1 aliphatic carbocycles. The molecule has 0 N–H and O–H groups in total. The van der Waals surface area contributed by atoms with Crippen molar-refractivity contribution in [3.63, 3.8) is 0 Å². The first-order valence-electron chi connectivity index (χ1n) is 7.04. The zero-order valence-corrected chi connectivity index (χ0v) is 12.6. The second-order valence-corrected chi connectivity index (χ2v) is 5.60. The summed E-state index contributed by atoms with van der Waals surface area (Å²) in [4.78, 5) is 0. The topological polar surface area (TPSA) is 0 Å². The molecule has 0 aliphatic heterocycles. The maximum Gasteiger partial charge on any atom is 0.00904 e. The molecule has 1 aromatic carbocycles. The van der Waals surface area contributed by atoms with Crippen molar-refractivity contribution in [3.8, 4) is 0 Å². The van der Waals surface area contributed by atoms with Gasteiger partial charge < -0.3 is 0 Å². The fourth-order valence-corrected chi connectivity index (χ4v) is 2.60. The van der Waals surface area contributed by atoms with E-state index >= 15 is 0 Å². The van der Waals surface area contributed by atoms with Crippen LogP contribution < -0.4 is 0 Å². The van der Waals surface area contributed by atoms with Crippen LogP contribution in [0.5, 0.6) is 0 Å². The second-order valence-electron chi connectivity index (χ2n) is 5.60. The van der Waals surface area contributed by atoms with Gasteiger partial charge in [0.05, 0.1) is 0 Å². The Morgan fingerprint density at radius 2 is 1.80 bits per heavy atom. The summed E-state index contributed by atoms with van der Waals surface area (Å²) in [5.41, 5.74) is 5.03. The summed E-state index contributed by atoms with van der Waals surface area (Å²) in [7, 11) is 0. The summed E-state index contributed by atoms with van der Waals surface area (Å²) in [6, 6.07) is 8.58. The first-order valence-corrected chi connectivity index (χ1v) is 7.04. The number of benzene rings is 1. The molecule has 0 bridgehead atoms. The molecule has 20 heavy (non-hydrogen) atoms. The van der Waals surface area contributed by atoms with E-state index in [1.54, 1.807) is 0 Å². The molecule has 0 spiro atoms. The Morgan fingerprint density at radius 1 is 1.05 bits per heavy atom. The summed E-state index contributed by atoms with van der Waals surface area (Å²) in [6.07, 6.45) is 14.8. The van der Waals surface area contributed by atoms with Crippen molar-refractivity contribution in [1.82, 2.24) is 0 Å². The van der Waals surface area contributed by atoms with E-state index in [9.17, 15) is 0 Å². The van der Waals surface area contributed by atoms with E-state index in [4.69, 9.17) is 0 Å². The van der Waals surface area contributed by atoms with Crippen LogP contribution in [0, 0.1) is 0 Å². The minimum absolute atomic E-state index is 0.00740. The van der Waals surface area contributed by atoms with E-state index in [2.05, 4.69) is 69.0 Å². The van der Waals surface area contributed by atoms with Crippen LogP contribution in [0.3, 0.4) is 0 Å². The molecule has 0 atom stereocenters. The van der Waals surface area contributed by atoms with Gasteiger partial charge in [-0.3, -0.25) is 0 Å². The van der Waals surface area contributed by atoms with Crippen molar-refractivity contribution in [3.05, 3.63) is 89.6 Å². The highest BCUT2D eigenvalue weighted by atomic mass is 14.3. The molecule has 2 rings (SSSR count). The SMILES string of the molecule is C=CC1=Cc2ccccc2C(C)(C)C=C1/C=C\C=C\C. The number of allylic oxidation sites excluding steroid dienone is 8. The summed E-state index contributed by atoms with van der Waals surface area (Å²) in [6.45, 7) is 10.5. The Kier molecular flexibility index (Phi) is 4.24. The number of hydrogen-bond acceptors (Lipinski definition) is 0. The lowest BCUT2D eigenvalue weighted by molar-refractivity contribution is 0.667. The van der Waals surface area contributed by atoms with Gasteiger partial charge in [-0.2, -0.15) is 0 Å². The van der Waals surface area contributed by atoms with Crippen LogP contribution in [0.4, 0.5) is 0 Å². The van der Waals surface area contributed by atoms with Gasteiger partial charge in [-0.15, -0.1) is 0 Å². The summed E-state index contributed by atoms with van der Waals surface area (Å²) >= 11 is 0. The predicted octanol–water partition coefficient (Wildman–Crippen LogP) is 5.61. The molecule has 0 unspecified atom stereocenters. The Labute approximate surface area is 122 Å². The largest absolute Gasteiger partial charge is 0.0984 e. The van der Waals surface area contributed by atoms with Crippen LogP contribution in [-0.4, -0.2) is 0 Å². The smallest absolute Gasteiger partial charge is 0.00904 e. The van der Waals surface area contributed by atoms with Crippen molar-refractivity contribution >= 4 is 6.08 Å². The van der Waals surface area contributed by atoms with E-state index in [0.717, 1.165) is 0 Å². The van der Waals surface area contributed by atoms with Gasteiger partial charge in [0.1, 0.15) is 0 Å². The van der Waals surface area contributed by atoms with Crippen LogP contribution in [0.1, 0.15) is 31.9 Å². The van der Waals surface area contributed by atoms with Crippen LogP contribution in [0.2, 0.25) is 0 Å². The third-order valence-electron chi connectivity index (χ3n) is 3.61. The third-order valence-corrected chi connectivity index (χ3v) is 3.61. The van der Waals surface area contributed by atoms with Gasteiger partial charge in [-0.05, 0) is 35.3 Å². The zero-order chi connectivity index (χ0) is 14.6. The lowest BCUT2D eigenvalue weighted by Gasteiger charge is -2.22. The highest BCUT2D eigenvalue weighted by Gasteiger charge is 2.23. The quantitative estimate of drug-likeness (QED) is 0.621. The molecule has 0 radical (unpaired) electrons. The Bertz CT molecular complexity index is 619. The van der Waals surface area contributed by atoms with Crippen LogP contribution in [0.15, 0.2) is 78.4 Å². The molecule has 0 saturated heterocycles. The monoisotopic (exact) mass is 262 g/mol. The minimum Gasteiger partial charge on any atom is -0.0984 e. The van der Waals surface area contributed by atoms with Crippen LogP contribution >= 0.6 is 0 Å². The maximum atomic E-state index is 3.96. The van der Waals surface area contributed by atoms with Gasteiger partial charge in [0.15, 0.2) is 0 Å². The van der Waals surface area contributed by atoms with Gasteiger partial charge in [0.2, 0.25) is 0 Å². The zero-order valence-electron chi connectivity index (χ0n) is 12.6. The van der Waals surface area contributed by atoms with Crippen molar-refractivity contribution in [2.45, 2.75) is 26.2 Å². The molecule has 0 nitrogen and oxygen atoms in total. The lowest BCUT2D eigenvalue weighted by atomic mass is 9.81. The molecule has 0 saturated carbocycles. The fraction of sp³-hybridized carbons (Fsp3) is 0.200. The van der Waals surface area contributed by atoms with Gasteiger partial charge in [-0.1, -0.05) is 81.1 Å². The summed E-state index contributed by atoms with van der Waals surface area (Å²) < 4.78 is 0. The molecule has 0 aromatic heterocycles. The van der Waals surface area contributed by atoms with E-state index in [0.29, 0.717) is 0 Å². The van der Waals surface area contributed by atoms with E-state index in [1.165, 1.54) is 22.3 Å². The molecule has 0 heteroatoms. The Balaban J connectivity index is 2.60. The van der Waals surface area contributed by atoms with E-state index < -0.39 is 0 Å². The highest BCUT2D eigenvalue weighted by molar-refractivity contribution is 5.70. The second kappa shape index (κ2) is 5.92. The van der Waals surface area contributed by atoms with Crippen LogP contribution in [0.25, 0.3) is 6.08 Å². The number of hydrogen-bond donors (Lipinski definition) is 0. The molecule has 1 aliphatic rings. The summed E-state index contributed by atoms with van der Waals surface area (Å²) in [5, 5.41) is 0. The molecule has 1 aromatic rings. The molecular weight excluding hydrogens is 240 g/mol. The predicted molar refractivity (Wildman–Crippen MR) is 89.7 cm³/mol. The number of fused-ring (bicyclic) bond motifs is 1. The standard InChI is InChI=1S/C20H22/c1-5-7-8-12-18-15-20(3,4)19-13-10-9-11-17(19)14-16(18)6-2/h5-15H,2H2,1,3-4H3/b7-5+,12-8-.